The number of rotatable bonds is 5. The first-order valence-corrected chi connectivity index (χ1v) is 7.76. The number of amides is 2. The molecule has 22 heavy (non-hydrogen) atoms. The number of benzene rings is 1. The van der Waals surface area contributed by atoms with Crippen molar-refractivity contribution in [2.24, 2.45) is 0 Å². The lowest BCUT2D eigenvalue weighted by molar-refractivity contribution is 0.165. The largest absolute Gasteiger partial charge is 0.454 e. The number of fused-ring (bicyclic) bond motifs is 1. The molecule has 3 rings (SSSR count). The van der Waals surface area contributed by atoms with Gasteiger partial charge in [0.1, 0.15) is 0 Å². The van der Waals surface area contributed by atoms with Crippen LogP contribution in [0, 0.1) is 0 Å². The molecule has 1 aromatic heterocycles. The molecule has 116 valence electrons. The van der Waals surface area contributed by atoms with Crippen molar-refractivity contribution in [3.05, 3.63) is 41.3 Å². The summed E-state index contributed by atoms with van der Waals surface area (Å²) in [4.78, 5) is 11.6. The van der Waals surface area contributed by atoms with Crippen LogP contribution in [-0.2, 0) is 0 Å². The Morgan fingerprint density at radius 2 is 2.18 bits per heavy atom. The van der Waals surface area contributed by atoms with Crippen molar-refractivity contribution in [1.82, 2.24) is 5.32 Å². The summed E-state index contributed by atoms with van der Waals surface area (Å²) in [5, 5.41) is 18.3. The van der Waals surface area contributed by atoms with Crippen molar-refractivity contribution in [3.63, 3.8) is 0 Å². The van der Waals surface area contributed by atoms with Gasteiger partial charge < -0.3 is 19.9 Å². The van der Waals surface area contributed by atoms with E-state index in [2.05, 4.69) is 10.6 Å². The molecular weight excluding hydrogens is 304 g/mol. The van der Waals surface area contributed by atoms with Gasteiger partial charge in [0, 0.05) is 6.54 Å². The zero-order valence-electron chi connectivity index (χ0n) is 11.7. The molecule has 0 saturated carbocycles. The summed E-state index contributed by atoms with van der Waals surface area (Å²) in [6.45, 7) is 0.576. The van der Waals surface area contributed by atoms with E-state index < -0.39 is 6.10 Å². The molecule has 1 aliphatic rings. The van der Waals surface area contributed by atoms with Crippen LogP contribution in [0.1, 0.15) is 18.1 Å². The Morgan fingerprint density at radius 3 is 3.00 bits per heavy atom. The van der Waals surface area contributed by atoms with Crippen molar-refractivity contribution in [3.8, 4) is 11.5 Å². The molecule has 0 saturated heterocycles. The van der Waals surface area contributed by atoms with E-state index in [9.17, 15) is 9.90 Å². The molecular formula is C15H16N2O4S. The van der Waals surface area contributed by atoms with Crippen molar-refractivity contribution in [2.45, 2.75) is 12.5 Å². The van der Waals surface area contributed by atoms with E-state index in [1.807, 2.05) is 17.5 Å². The number of carbonyl (C=O) groups excluding carboxylic acids is 1. The van der Waals surface area contributed by atoms with E-state index in [0.717, 1.165) is 10.6 Å². The highest BCUT2D eigenvalue weighted by Gasteiger charge is 2.16. The Labute approximate surface area is 131 Å². The Bertz CT molecular complexity index is 645. The number of carbonyl (C=O) groups is 1. The van der Waals surface area contributed by atoms with Crippen molar-refractivity contribution < 1.29 is 19.4 Å². The fourth-order valence-corrected chi connectivity index (χ4v) is 2.73. The van der Waals surface area contributed by atoms with Gasteiger partial charge in [0.2, 0.25) is 6.79 Å². The van der Waals surface area contributed by atoms with Crippen LogP contribution in [0.3, 0.4) is 0 Å². The second-order valence-corrected chi connectivity index (χ2v) is 5.72. The lowest BCUT2D eigenvalue weighted by atomic mass is 10.1. The van der Waals surface area contributed by atoms with Crippen LogP contribution in [0.2, 0.25) is 0 Å². The zero-order chi connectivity index (χ0) is 15.4. The first-order valence-electron chi connectivity index (χ1n) is 6.88. The minimum Gasteiger partial charge on any atom is -0.454 e. The van der Waals surface area contributed by atoms with Crippen LogP contribution in [0.25, 0.3) is 0 Å². The summed E-state index contributed by atoms with van der Waals surface area (Å²) in [6.07, 6.45) is -0.256. The topological polar surface area (TPSA) is 79.8 Å². The van der Waals surface area contributed by atoms with E-state index in [4.69, 9.17) is 9.47 Å². The summed E-state index contributed by atoms with van der Waals surface area (Å²) in [7, 11) is 0. The van der Waals surface area contributed by atoms with Gasteiger partial charge in [-0.3, -0.25) is 5.32 Å². The van der Waals surface area contributed by atoms with E-state index in [1.54, 1.807) is 18.2 Å². The predicted octanol–water partition coefficient (Wildman–Crippen LogP) is 2.72. The van der Waals surface area contributed by atoms with E-state index in [-0.39, 0.29) is 12.8 Å². The van der Waals surface area contributed by atoms with Crippen molar-refractivity contribution in [2.75, 3.05) is 18.7 Å². The molecule has 2 amide bonds. The van der Waals surface area contributed by atoms with Gasteiger partial charge in [0.25, 0.3) is 0 Å². The molecule has 6 nitrogen and oxygen atoms in total. The average molecular weight is 320 g/mol. The number of thiophene rings is 1. The number of aliphatic hydroxyl groups excluding tert-OH is 1. The molecule has 7 heteroatoms. The molecule has 1 aliphatic heterocycles. The Kier molecular flexibility index (Phi) is 4.45. The van der Waals surface area contributed by atoms with Crippen LogP contribution in [-0.4, -0.2) is 24.5 Å². The highest BCUT2D eigenvalue weighted by atomic mass is 32.1. The fourth-order valence-electron chi connectivity index (χ4n) is 2.12. The lowest BCUT2D eigenvalue weighted by Crippen LogP contribution is -2.30. The number of hydrogen-bond acceptors (Lipinski definition) is 5. The first kappa shape index (κ1) is 14.7. The number of ether oxygens (including phenoxy) is 2. The Balaban J connectivity index is 1.46. The third-order valence-electron chi connectivity index (χ3n) is 3.24. The predicted molar refractivity (Wildman–Crippen MR) is 83.5 cm³/mol. The SMILES string of the molecule is O=C(NCCC(O)c1ccc2c(c1)OCO2)Nc1cccs1. The Morgan fingerprint density at radius 1 is 1.32 bits per heavy atom. The molecule has 0 aliphatic carbocycles. The smallest absolute Gasteiger partial charge is 0.319 e. The second kappa shape index (κ2) is 6.67. The molecule has 1 atom stereocenters. The maximum atomic E-state index is 11.6. The Hall–Kier alpha value is -2.25. The molecule has 2 aromatic rings. The first-order chi connectivity index (χ1) is 10.7. The maximum absolute atomic E-state index is 11.6. The van der Waals surface area contributed by atoms with Crippen LogP contribution < -0.4 is 20.1 Å². The maximum Gasteiger partial charge on any atom is 0.319 e. The minimum atomic E-state index is -0.670. The summed E-state index contributed by atoms with van der Waals surface area (Å²) in [5.74, 6) is 1.32. The normalized spacial score (nSPS) is 13.7. The molecule has 0 fully saturated rings. The number of aliphatic hydroxyl groups is 1. The highest BCUT2D eigenvalue weighted by Crippen LogP contribution is 2.34. The average Bonchev–Trinajstić information content (AvgIpc) is 3.17. The molecule has 0 spiro atoms. The second-order valence-electron chi connectivity index (χ2n) is 4.78. The van der Waals surface area contributed by atoms with Gasteiger partial charge in [-0.15, -0.1) is 11.3 Å². The van der Waals surface area contributed by atoms with Crippen LogP contribution in [0.15, 0.2) is 35.7 Å². The highest BCUT2D eigenvalue weighted by molar-refractivity contribution is 7.14. The van der Waals surface area contributed by atoms with Gasteiger partial charge >= 0.3 is 6.03 Å². The van der Waals surface area contributed by atoms with Gasteiger partial charge in [0.05, 0.1) is 11.1 Å². The third-order valence-corrected chi connectivity index (χ3v) is 4.03. The van der Waals surface area contributed by atoms with E-state index in [0.29, 0.717) is 24.5 Å². The molecule has 1 unspecified atom stereocenters. The van der Waals surface area contributed by atoms with E-state index >= 15 is 0 Å². The number of hydrogen-bond donors (Lipinski definition) is 3. The third kappa shape index (κ3) is 3.49. The van der Waals surface area contributed by atoms with E-state index in [1.165, 1.54) is 11.3 Å². The molecule has 2 heterocycles. The minimum absolute atomic E-state index is 0.208. The summed E-state index contributed by atoms with van der Waals surface area (Å²) in [6, 6.07) is 8.75. The summed E-state index contributed by atoms with van der Waals surface area (Å²) >= 11 is 1.45. The van der Waals surface area contributed by atoms with Crippen LogP contribution in [0.4, 0.5) is 9.80 Å². The molecule has 3 N–H and O–H groups in total. The quantitative estimate of drug-likeness (QED) is 0.791. The van der Waals surface area contributed by atoms with Crippen molar-refractivity contribution >= 4 is 22.4 Å². The molecule has 0 bridgehead atoms. The van der Waals surface area contributed by atoms with Gasteiger partial charge in [-0.2, -0.15) is 0 Å². The number of urea groups is 1. The number of nitrogens with one attached hydrogen (secondary N) is 2. The summed E-state index contributed by atoms with van der Waals surface area (Å²) < 4.78 is 10.5. The number of anilines is 1. The fraction of sp³-hybridized carbons (Fsp3) is 0.267. The summed E-state index contributed by atoms with van der Waals surface area (Å²) in [5.41, 5.74) is 0.740. The standard InChI is InChI=1S/C15H16N2O4S/c18-11(10-3-4-12-13(8-10)21-9-20-12)5-6-16-15(19)17-14-2-1-7-22-14/h1-4,7-8,11,18H,5-6,9H2,(H2,16,17,19). The van der Waals surface area contributed by atoms with Gasteiger partial charge in [-0.05, 0) is 41.6 Å². The van der Waals surface area contributed by atoms with Gasteiger partial charge in [-0.1, -0.05) is 6.07 Å². The van der Waals surface area contributed by atoms with Crippen LogP contribution in [0.5, 0.6) is 11.5 Å². The molecule has 0 radical (unpaired) electrons. The van der Waals surface area contributed by atoms with Gasteiger partial charge in [-0.25, -0.2) is 4.79 Å². The van der Waals surface area contributed by atoms with Gasteiger partial charge in [0.15, 0.2) is 11.5 Å². The van der Waals surface area contributed by atoms with Crippen LogP contribution >= 0.6 is 11.3 Å². The lowest BCUT2D eigenvalue weighted by Gasteiger charge is -2.12. The van der Waals surface area contributed by atoms with Crippen molar-refractivity contribution in [1.29, 1.82) is 0 Å². The zero-order valence-corrected chi connectivity index (χ0v) is 12.6. The monoisotopic (exact) mass is 320 g/mol. The molecule has 1 aromatic carbocycles.